The number of hydrogen-bond donors (Lipinski definition) is 3. The second kappa shape index (κ2) is 75.5. The van der Waals surface area contributed by atoms with Crippen molar-refractivity contribution in [3.8, 4) is 0 Å². The Morgan fingerprint density at radius 1 is 0.275 bits per heavy atom. The van der Waals surface area contributed by atoms with Gasteiger partial charge in [0.1, 0.15) is 19.3 Å². The SMILES string of the molecule is CCCCC/C=C\C/C=C\C/C=C\C/C=C\CCCC(=O)O[C@H](COC(=O)CCCCCCCCC/C=C\CCCCCC)COP(=O)(O)OC[C@@H](O)COP(=O)(O)OC[C@@H](COC(=O)CCCCCCCCC/C=C\CCCCCC)OC(=O)CCCCCCC/C=C\CCCCCCCC. The Kier molecular flexibility index (Phi) is 72.7. The highest BCUT2D eigenvalue weighted by molar-refractivity contribution is 7.47. The van der Waals surface area contributed by atoms with Crippen LogP contribution in [0.15, 0.2) is 85.1 Å². The topological polar surface area (TPSA) is 237 Å². The van der Waals surface area contributed by atoms with Crippen molar-refractivity contribution >= 4 is 39.5 Å². The van der Waals surface area contributed by atoms with E-state index in [1.165, 1.54) is 135 Å². The Balaban J connectivity index is 5.40. The average molecular weight is 1480 g/mol. The van der Waals surface area contributed by atoms with Crippen LogP contribution in [-0.2, 0) is 65.4 Å². The molecule has 0 aliphatic carbocycles. The lowest BCUT2D eigenvalue weighted by molar-refractivity contribution is -0.161. The molecule has 0 aromatic rings. The second-order valence-electron chi connectivity index (χ2n) is 27.3. The van der Waals surface area contributed by atoms with Crippen LogP contribution in [0.1, 0.15) is 362 Å². The van der Waals surface area contributed by atoms with Crippen molar-refractivity contribution < 1.29 is 80.2 Å². The average Bonchev–Trinajstić information content (AvgIpc) is 0.917. The first-order valence-corrected chi connectivity index (χ1v) is 43.8. The third-order valence-electron chi connectivity index (χ3n) is 17.3. The molecule has 0 saturated heterocycles. The van der Waals surface area contributed by atoms with Crippen LogP contribution in [0.3, 0.4) is 0 Å². The predicted molar refractivity (Wildman–Crippen MR) is 418 cm³/mol. The van der Waals surface area contributed by atoms with Gasteiger partial charge in [0, 0.05) is 25.7 Å². The lowest BCUT2D eigenvalue weighted by atomic mass is 10.1. The molecule has 0 aromatic carbocycles. The van der Waals surface area contributed by atoms with Crippen LogP contribution in [-0.4, -0.2) is 96.7 Å². The summed E-state index contributed by atoms with van der Waals surface area (Å²) in [6.45, 7) is 4.79. The zero-order valence-electron chi connectivity index (χ0n) is 64.8. The number of phosphoric ester groups is 2. The summed E-state index contributed by atoms with van der Waals surface area (Å²) in [5, 5.41) is 10.6. The van der Waals surface area contributed by atoms with Crippen molar-refractivity contribution in [1.29, 1.82) is 0 Å². The number of allylic oxidation sites excluding steroid dienone is 14. The summed E-state index contributed by atoms with van der Waals surface area (Å²) < 4.78 is 68.6. The molecule has 0 bridgehead atoms. The summed E-state index contributed by atoms with van der Waals surface area (Å²) >= 11 is 0. The number of carbonyl (C=O) groups excluding carboxylic acids is 4. The molecule has 0 radical (unpaired) electrons. The van der Waals surface area contributed by atoms with E-state index in [0.29, 0.717) is 32.1 Å². The number of unbranched alkanes of at least 4 members (excludes halogenated alkanes) is 37. The Morgan fingerprint density at radius 3 is 0.814 bits per heavy atom. The van der Waals surface area contributed by atoms with E-state index >= 15 is 0 Å². The van der Waals surface area contributed by atoms with Gasteiger partial charge >= 0.3 is 39.5 Å². The van der Waals surface area contributed by atoms with Gasteiger partial charge in [-0.3, -0.25) is 37.3 Å². The molecule has 0 saturated carbocycles. The molecule has 0 rings (SSSR count). The molecular formula is C83H148O17P2. The molecule has 3 N–H and O–H groups in total. The number of carbonyl (C=O) groups is 4. The molecule has 0 aromatic heterocycles. The number of aliphatic hydroxyl groups is 1. The van der Waals surface area contributed by atoms with Gasteiger partial charge in [0.15, 0.2) is 12.2 Å². The van der Waals surface area contributed by atoms with Crippen molar-refractivity contribution in [1.82, 2.24) is 0 Å². The van der Waals surface area contributed by atoms with E-state index in [2.05, 4.69) is 101 Å². The Labute approximate surface area is 621 Å². The first kappa shape index (κ1) is 98.2. The largest absolute Gasteiger partial charge is 0.472 e. The standard InChI is InChI=1S/C83H148O17P2/c1-5-9-13-17-21-25-29-33-37-38-42-46-50-54-58-62-66-70-83(88)100-79(74-94-81(86)68-64-60-56-52-48-44-40-35-31-27-23-19-15-11-7-3)76-98-102(91,92)96-72-77(84)71-95-101(89,90)97-75-78(99-82(87)69-65-61-57-53-49-45-41-36-32-28-24-20-16-12-8-4)73-93-80(85)67-63-59-55-51-47-43-39-34-30-26-22-18-14-10-6-2/h21,25-27,30-31,33,36-37,41-42,46,54,58,77-79,84H,5-20,22-24,28-29,32,34-35,38-40,43-45,47-53,55-57,59-76H2,1-4H3,(H,89,90)(H,91,92)/b25-21-,30-26-,31-27-,37-33-,41-36-,46-42-,58-54-/t77-,78+,79+/m0/s1. The van der Waals surface area contributed by atoms with Gasteiger partial charge in [-0.15, -0.1) is 0 Å². The van der Waals surface area contributed by atoms with Gasteiger partial charge in [-0.1, -0.05) is 280 Å². The maximum absolute atomic E-state index is 13.1. The van der Waals surface area contributed by atoms with Crippen LogP contribution in [0.5, 0.6) is 0 Å². The van der Waals surface area contributed by atoms with Crippen LogP contribution >= 0.6 is 15.6 Å². The van der Waals surface area contributed by atoms with Crippen LogP contribution in [0.2, 0.25) is 0 Å². The van der Waals surface area contributed by atoms with Gasteiger partial charge in [-0.25, -0.2) is 9.13 Å². The fourth-order valence-corrected chi connectivity index (χ4v) is 12.6. The Bertz CT molecular complexity index is 2260. The number of phosphoric acid groups is 2. The van der Waals surface area contributed by atoms with Gasteiger partial charge in [-0.05, 0) is 141 Å². The number of hydrogen-bond acceptors (Lipinski definition) is 15. The molecule has 102 heavy (non-hydrogen) atoms. The van der Waals surface area contributed by atoms with E-state index < -0.39 is 97.5 Å². The number of aliphatic hydroxyl groups excluding tert-OH is 1. The van der Waals surface area contributed by atoms with Gasteiger partial charge in [0.2, 0.25) is 0 Å². The second-order valence-corrected chi connectivity index (χ2v) is 30.3. The molecule has 17 nitrogen and oxygen atoms in total. The molecule has 592 valence electrons. The van der Waals surface area contributed by atoms with Crippen LogP contribution in [0, 0.1) is 0 Å². The zero-order chi connectivity index (χ0) is 74.6. The first-order chi connectivity index (χ1) is 49.7. The molecule has 0 amide bonds. The van der Waals surface area contributed by atoms with E-state index in [1.54, 1.807) is 0 Å². The first-order valence-electron chi connectivity index (χ1n) is 40.8. The van der Waals surface area contributed by atoms with E-state index in [4.69, 9.17) is 37.0 Å². The lowest BCUT2D eigenvalue weighted by Gasteiger charge is -2.21. The summed E-state index contributed by atoms with van der Waals surface area (Å²) in [7, 11) is -9.97. The number of rotatable bonds is 77. The van der Waals surface area contributed by atoms with E-state index in [0.717, 1.165) is 141 Å². The minimum absolute atomic E-state index is 0.0199. The summed E-state index contributed by atoms with van der Waals surface area (Å²) in [6.07, 6.45) is 78.4. The van der Waals surface area contributed by atoms with Crippen molar-refractivity contribution in [2.75, 3.05) is 39.6 Å². The van der Waals surface area contributed by atoms with Crippen molar-refractivity contribution in [2.24, 2.45) is 0 Å². The number of esters is 4. The van der Waals surface area contributed by atoms with Gasteiger partial charge < -0.3 is 33.8 Å². The van der Waals surface area contributed by atoms with Gasteiger partial charge in [0.05, 0.1) is 26.4 Å². The minimum atomic E-state index is -4.99. The molecule has 5 atom stereocenters. The monoisotopic (exact) mass is 1480 g/mol. The zero-order valence-corrected chi connectivity index (χ0v) is 66.6. The Morgan fingerprint density at radius 2 is 0.490 bits per heavy atom. The van der Waals surface area contributed by atoms with Crippen molar-refractivity contribution in [3.05, 3.63) is 85.1 Å². The van der Waals surface area contributed by atoms with E-state index in [9.17, 15) is 43.2 Å². The third-order valence-corrected chi connectivity index (χ3v) is 19.2. The third kappa shape index (κ3) is 74.5. The molecule has 2 unspecified atom stereocenters. The minimum Gasteiger partial charge on any atom is -0.462 e. The van der Waals surface area contributed by atoms with Crippen LogP contribution in [0.25, 0.3) is 0 Å². The fourth-order valence-electron chi connectivity index (χ4n) is 11.0. The highest BCUT2D eigenvalue weighted by Crippen LogP contribution is 2.45. The summed E-state index contributed by atoms with van der Waals surface area (Å²) in [5.74, 6) is -2.24. The van der Waals surface area contributed by atoms with Gasteiger partial charge in [0.25, 0.3) is 0 Å². The highest BCUT2D eigenvalue weighted by Gasteiger charge is 2.30. The molecule has 0 spiro atoms. The Hall–Kier alpha value is -3.76. The van der Waals surface area contributed by atoms with Gasteiger partial charge in [-0.2, -0.15) is 0 Å². The van der Waals surface area contributed by atoms with E-state index in [1.807, 2.05) is 12.2 Å². The molecule has 0 fully saturated rings. The molecule has 0 aliphatic heterocycles. The predicted octanol–water partition coefficient (Wildman–Crippen LogP) is 23.8. The molecule has 0 aliphatic rings. The normalized spacial score (nSPS) is 14.3. The van der Waals surface area contributed by atoms with Crippen LogP contribution in [0.4, 0.5) is 0 Å². The summed E-state index contributed by atoms with van der Waals surface area (Å²) in [4.78, 5) is 73.0. The van der Waals surface area contributed by atoms with Crippen molar-refractivity contribution in [3.63, 3.8) is 0 Å². The summed E-state index contributed by atoms with van der Waals surface area (Å²) in [6, 6.07) is 0. The maximum atomic E-state index is 13.1. The number of ether oxygens (including phenoxy) is 4. The van der Waals surface area contributed by atoms with Crippen molar-refractivity contribution in [2.45, 2.75) is 380 Å². The lowest BCUT2D eigenvalue weighted by Crippen LogP contribution is -2.30. The summed E-state index contributed by atoms with van der Waals surface area (Å²) in [5.41, 5.74) is 0. The smallest absolute Gasteiger partial charge is 0.462 e. The molecule has 0 heterocycles. The quantitative estimate of drug-likeness (QED) is 0.0169. The van der Waals surface area contributed by atoms with Crippen LogP contribution < -0.4 is 0 Å². The highest BCUT2D eigenvalue weighted by atomic mass is 31.2. The maximum Gasteiger partial charge on any atom is 0.472 e. The van der Waals surface area contributed by atoms with E-state index in [-0.39, 0.29) is 25.7 Å². The fraction of sp³-hybridized carbons (Fsp3) is 0.783. The molecular weight excluding hydrogens is 1330 g/mol. The molecule has 19 heteroatoms.